The zero-order valence-electron chi connectivity index (χ0n) is 10.3. The first kappa shape index (κ1) is 11.4. The minimum absolute atomic E-state index is 0.400. The number of rotatable bonds is 5. The molecule has 0 N–H and O–H groups in total. The topological polar surface area (TPSA) is 17.1 Å². The van der Waals surface area contributed by atoms with Crippen molar-refractivity contribution in [2.24, 2.45) is 5.92 Å². The third kappa shape index (κ3) is 3.48. The predicted molar refractivity (Wildman–Crippen MR) is 66.6 cm³/mol. The molecule has 86 valence electrons. The van der Waals surface area contributed by atoms with Crippen LogP contribution < -0.4 is 0 Å². The minimum atomic E-state index is 0.400. The van der Waals surface area contributed by atoms with Gasteiger partial charge in [-0.3, -0.25) is 4.79 Å². The summed E-state index contributed by atoms with van der Waals surface area (Å²) in [4.78, 5) is 11.8. The summed E-state index contributed by atoms with van der Waals surface area (Å²) in [6.07, 6.45) is 5.20. The molecule has 1 saturated carbocycles. The quantitative estimate of drug-likeness (QED) is 0.735. The molecular weight excluding hydrogens is 196 g/mol. The molecule has 0 aromatic heterocycles. The van der Waals surface area contributed by atoms with E-state index in [0.717, 1.165) is 18.8 Å². The lowest BCUT2D eigenvalue weighted by Crippen LogP contribution is -2.03. The van der Waals surface area contributed by atoms with Gasteiger partial charge in [-0.2, -0.15) is 0 Å². The van der Waals surface area contributed by atoms with Crippen LogP contribution in [-0.2, 0) is 11.2 Å². The van der Waals surface area contributed by atoms with Gasteiger partial charge < -0.3 is 0 Å². The molecule has 1 nitrogen and oxygen atoms in total. The molecule has 1 heteroatoms. The Balaban J connectivity index is 1.88. The van der Waals surface area contributed by atoms with E-state index < -0.39 is 0 Å². The number of aryl methyl sites for hydroxylation is 2. The average Bonchev–Trinajstić information content (AvgIpc) is 2.96. The predicted octanol–water partition coefficient (Wildman–Crippen LogP) is 3.61. The molecule has 0 aliphatic heterocycles. The molecule has 0 bridgehead atoms. The summed E-state index contributed by atoms with van der Waals surface area (Å²) >= 11 is 0. The molecular formula is C15H20O. The van der Waals surface area contributed by atoms with Crippen LogP contribution in [-0.4, -0.2) is 5.78 Å². The summed E-state index contributed by atoms with van der Waals surface area (Å²) in [6, 6.07) is 6.40. The maximum atomic E-state index is 11.8. The highest BCUT2D eigenvalue weighted by Crippen LogP contribution is 2.33. The summed E-state index contributed by atoms with van der Waals surface area (Å²) in [6.45, 7) is 4.18. The Morgan fingerprint density at radius 1 is 1.19 bits per heavy atom. The molecule has 0 radical (unpaired) electrons. The van der Waals surface area contributed by atoms with Crippen LogP contribution in [0.25, 0.3) is 0 Å². The SMILES string of the molecule is Cc1cc(C)cc(CC(=O)CCC2CC2)c1. The van der Waals surface area contributed by atoms with Gasteiger partial charge in [-0.1, -0.05) is 42.2 Å². The van der Waals surface area contributed by atoms with Crippen LogP contribution in [0.15, 0.2) is 18.2 Å². The molecule has 0 saturated heterocycles. The monoisotopic (exact) mass is 216 g/mol. The highest BCUT2D eigenvalue weighted by Gasteiger charge is 2.21. The van der Waals surface area contributed by atoms with Gasteiger partial charge in [-0.25, -0.2) is 0 Å². The Kier molecular flexibility index (Phi) is 3.42. The summed E-state index contributed by atoms with van der Waals surface area (Å²) in [5.41, 5.74) is 3.69. The van der Waals surface area contributed by atoms with Crippen LogP contribution in [0.4, 0.5) is 0 Å². The second kappa shape index (κ2) is 4.82. The lowest BCUT2D eigenvalue weighted by molar-refractivity contribution is -0.118. The molecule has 0 spiro atoms. The van der Waals surface area contributed by atoms with Crippen molar-refractivity contribution >= 4 is 5.78 Å². The van der Waals surface area contributed by atoms with E-state index in [4.69, 9.17) is 0 Å². The summed E-state index contributed by atoms with van der Waals surface area (Å²) < 4.78 is 0. The van der Waals surface area contributed by atoms with Crippen LogP contribution in [0.5, 0.6) is 0 Å². The molecule has 0 heterocycles. The third-order valence-corrected chi connectivity index (χ3v) is 3.21. The van der Waals surface area contributed by atoms with E-state index in [1.807, 2.05) is 0 Å². The van der Waals surface area contributed by atoms with E-state index in [-0.39, 0.29) is 0 Å². The standard InChI is InChI=1S/C15H20O/c1-11-7-12(2)9-14(8-11)10-15(16)6-5-13-3-4-13/h7-9,13H,3-6,10H2,1-2H3. The first-order chi connectivity index (χ1) is 7.63. The smallest absolute Gasteiger partial charge is 0.137 e. The summed E-state index contributed by atoms with van der Waals surface area (Å²) in [5.74, 6) is 1.26. The number of carbonyl (C=O) groups excluding carboxylic acids is 1. The van der Waals surface area contributed by atoms with Gasteiger partial charge in [0.25, 0.3) is 0 Å². The fourth-order valence-corrected chi connectivity index (χ4v) is 2.26. The minimum Gasteiger partial charge on any atom is -0.299 e. The Morgan fingerprint density at radius 2 is 1.81 bits per heavy atom. The molecule has 2 rings (SSSR count). The number of benzene rings is 1. The number of ketones is 1. The molecule has 0 amide bonds. The Labute approximate surface area is 97.9 Å². The van der Waals surface area contributed by atoms with Crippen molar-refractivity contribution in [2.45, 2.75) is 46.0 Å². The molecule has 1 aliphatic rings. The van der Waals surface area contributed by atoms with Gasteiger partial charge in [0, 0.05) is 12.8 Å². The van der Waals surface area contributed by atoms with E-state index in [0.29, 0.717) is 12.2 Å². The summed E-state index contributed by atoms with van der Waals surface area (Å²) in [5, 5.41) is 0. The van der Waals surface area contributed by atoms with Crippen molar-refractivity contribution < 1.29 is 4.79 Å². The summed E-state index contributed by atoms with van der Waals surface area (Å²) in [7, 11) is 0. The second-order valence-electron chi connectivity index (χ2n) is 5.19. The Morgan fingerprint density at radius 3 is 2.38 bits per heavy atom. The maximum absolute atomic E-state index is 11.8. The Bertz CT molecular complexity index is 368. The van der Waals surface area contributed by atoms with Gasteiger partial charge in [0.15, 0.2) is 0 Å². The number of Topliss-reactive ketones (excluding diaryl/α,β-unsaturated/α-hetero) is 1. The third-order valence-electron chi connectivity index (χ3n) is 3.21. The fraction of sp³-hybridized carbons (Fsp3) is 0.533. The van der Waals surface area contributed by atoms with Crippen LogP contribution in [0.3, 0.4) is 0 Å². The van der Waals surface area contributed by atoms with Crippen LogP contribution >= 0.6 is 0 Å². The number of carbonyl (C=O) groups is 1. The zero-order valence-corrected chi connectivity index (χ0v) is 10.3. The van der Waals surface area contributed by atoms with Gasteiger partial charge in [-0.15, -0.1) is 0 Å². The molecule has 1 aromatic rings. The zero-order chi connectivity index (χ0) is 11.5. The molecule has 1 aliphatic carbocycles. The molecule has 0 unspecified atom stereocenters. The average molecular weight is 216 g/mol. The maximum Gasteiger partial charge on any atom is 0.137 e. The fourth-order valence-electron chi connectivity index (χ4n) is 2.26. The van der Waals surface area contributed by atoms with Gasteiger partial charge >= 0.3 is 0 Å². The van der Waals surface area contributed by atoms with Gasteiger partial charge in [0.05, 0.1) is 0 Å². The lowest BCUT2D eigenvalue weighted by atomic mass is 10.0. The van der Waals surface area contributed by atoms with Crippen molar-refractivity contribution in [3.63, 3.8) is 0 Å². The van der Waals surface area contributed by atoms with Gasteiger partial charge in [0.2, 0.25) is 0 Å². The highest BCUT2D eigenvalue weighted by molar-refractivity contribution is 5.80. The van der Waals surface area contributed by atoms with Crippen LogP contribution in [0.1, 0.15) is 42.4 Å². The molecule has 0 atom stereocenters. The van der Waals surface area contributed by atoms with Crippen molar-refractivity contribution in [3.05, 3.63) is 34.9 Å². The number of hydrogen-bond acceptors (Lipinski definition) is 1. The van der Waals surface area contributed by atoms with Crippen molar-refractivity contribution in [2.75, 3.05) is 0 Å². The van der Waals surface area contributed by atoms with E-state index in [9.17, 15) is 4.79 Å². The first-order valence-corrected chi connectivity index (χ1v) is 6.22. The largest absolute Gasteiger partial charge is 0.299 e. The second-order valence-corrected chi connectivity index (χ2v) is 5.19. The van der Waals surface area contributed by atoms with Crippen molar-refractivity contribution in [3.8, 4) is 0 Å². The van der Waals surface area contributed by atoms with Crippen LogP contribution in [0.2, 0.25) is 0 Å². The van der Waals surface area contributed by atoms with E-state index in [2.05, 4.69) is 32.0 Å². The van der Waals surface area contributed by atoms with Gasteiger partial charge in [0.1, 0.15) is 5.78 Å². The molecule has 1 fully saturated rings. The Hall–Kier alpha value is -1.11. The normalized spacial score (nSPS) is 15.1. The van der Waals surface area contributed by atoms with E-state index in [1.54, 1.807) is 0 Å². The molecule has 1 aromatic carbocycles. The highest BCUT2D eigenvalue weighted by atomic mass is 16.1. The van der Waals surface area contributed by atoms with E-state index >= 15 is 0 Å². The van der Waals surface area contributed by atoms with Crippen molar-refractivity contribution in [1.82, 2.24) is 0 Å². The molecule has 16 heavy (non-hydrogen) atoms. The van der Waals surface area contributed by atoms with E-state index in [1.165, 1.54) is 29.5 Å². The van der Waals surface area contributed by atoms with Crippen molar-refractivity contribution in [1.29, 1.82) is 0 Å². The van der Waals surface area contributed by atoms with Crippen LogP contribution in [0, 0.1) is 19.8 Å². The van der Waals surface area contributed by atoms with Gasteiger partial charge in [-0.05, 0) is 31.7 Å². The lowest BCUT2D eigenvalue weighted by Gasteiger charge is -2.04. The first-order valence-electron chi connectivity index (χ1n) is 6.22. The number of hydrogen-bond donors (Lipinski definition) is 0.